The Balaban J connectivity index is 2.04. The second kappa shape index (κ2) is 8.16. The zero-order valence-electron chi connectivity index (χ0n) is 14.6. The number of rotatable bonds is 5. The molecule has 5 nitrogen and oxygen atoms in total. The van der Waals surface area contributed by atoms with Gasteiger partial charge in [-0.2, -0.15) is 0 Å². The summed E-state index contributed by atoms with van der Waals surface area (Å²) in [6.45, 7) is 5.39. The number of halogens is 1. The molecule has 0 saturated heterocycles. The molecule has 0 saturated carbocycles. The first kappa shape index (κ1) is 19.0. The van der Waals surface area contributed by atoms with Gasteiger partial charge in [0.25, 0.3) is 5.91 Å². The van der Waals surface area contributed by atoms with Crippen LogP contribution in [0.1, 0.15) is 28.4 Å². The van der Waals surface area contributed by atoms with Crippen molar-refractivity contribution in [1.82, 2.24) is 0 Å². The standard InChI is InChI=1S/C19H20BrNO4/c1-11-5-6-12(2)16(9-11)21-18(22)13(3)25-19(23)14-7-8-17(24-4)15(20)10-14/h5-10,13H,1-4H3,(H,21,22)/t13-/m1/s1. The van der Waals surface area contributed by atoms with Crippen LogP contribution in [0, 0.1) is 13.8 Å². The average molecular weight is 406 g/mol. The highest BCUT2D eigenvalue weighted by Crippen LogP contribution is 2.26. The lowest BCUT2D eigenvalue weighted by molar-refractivity contribution is -0.123. The summed E-state index contributed by atoms with van der Waals surface area (Å²) < 4.78 is 11.0. The maximum atomic E-state index is 12.3. The van der Waals surface area contributed by atoms with E-state index in [9.17, 15) is 9.59 Å². The number of hydrogen-bond donors (Lipinski definition) is 1. The number of anilines is 1. The van der Waals surface area contributed by atoms with Gasteiger partial charge in [0.15, 0.2) is 6.10 Å². The molecule has 0 unspecified atom stereocenters. The second-order valence-electron chi connectivity index (χ2n) is 5.70. The monoisotopic (exact) mass is 405 g/mol. The smallest absolute Gasteiger partial charge is 0.338 e. The van der Waals surface area contributed by atoms with Crippen molar-refractivity contribution >= 4 is 33.5 Å². The van der Waals surface area contributed by atoms with Crippen LogP contribution in [0.25, 0.3) is 0 Å². The minimum atomic E-state index is -0.923. The van der Waals surface area contributed by atoms with Crippen molar-refractivity contribution < 1.29 is 19.1 Å². The number of nitrogens with one attached hydrogen (secondary N) is 1. The van der Waals surface area contributed by atoms with Crippen LogP contribution < -0.4 is 10.1 Å². The summed E-state index contributed by atoms with van der Waals surface area (Å²) >= 11 is 3.32. The first-order valence-electron chi connectivity index (χ1n) is 7.74. The molecule has 0 aliphatic heterocycles. The van der Waals surface area contributed by atoms with E-state index >= 15 is 0 Å². The summed E-state index contributed by atoms with van der Waals surface area (Å²) in [5, 5.41) is 2.79. The lowest BCUT2D eigenvalue weighted by Crippen LogP contribution is -2.30. The lowest BCUT2D eigenvalue weighted by Gasteiger charge is -2.15. The highest BCUT2D eigenvalue weighted by atomic mass is 79.9. The maximum absolute atomic E-state index is 12.3. The van der Waals surface area contributed by atoms with Gasteiger partial charge in [0.05, 0.1) is 17.1 Å². The molecule has 2 aromatic rings. The zero-order valence-corrected chi connectivity index (χ0v) is 16.1. The number of benzene rings is 2. The Bertz CT molecular complexity index is 804. The van der Waals surface area contributed by atoms with Crippen LogP contribution in [0.5, 0.6) is 5.75 Å². The van der Waals surface area contributed by atoms with Crippen molar-refractivity contribution in [2.75, 3.05) is 12.4 Å². The number of methoxy groups -OCH3 is 1. The van der Waals surface area contributed by atoms with E-state index in [1.165, 1.54) is 14.0 Å². The van der Waals surface area contributed by atoms with Crippen LogP contribution in [-0.4, -0.2) is 25.1 Å². The molecule has 0 aromatic heterocycles. The van der Waals surface area contributed by atoms with Crippen LogP contribution in [0.2, 0.25) is 0 Å². The van der Waals surface area contributed by atoms with E-state index < -0.39 is 12.1 Å². The van der Waals surface area contributed by atoms with Gasteiger partial charge in [0, 0.05) is 5.69 Å². The zero-order chi connectivity index (χ0) is 18.6. The fourth-order valence-corrected chi connectivity index (χ4v) is 2.72. The Hall–Kier alpha value is -2.34. The van der Waals surface area contributed by atoms with Gasteiger partial charge < -0.3 is 14.8 Å². The lowest BCUT2D eigenvalue weighted by atomic mass is 10.1. The molecule has 2 aromatic carbocycles. The Morgan fingerprint density at radius 2 is 1.84 bits per heavy atom. The predicted molar refractivity (Wildman–Crippen MR) is 100 cm³/mol. The Morgan fingerprint density at radius 1 is 1.12 bits per heavy atom. The van der Waals surface area contributed by atoms with Crippen molar-refractivity contribution in [3.63, 3.8) is 0 Å². The average Bonchev–Trinajstić information content (AvgIpc) is 2.57. The van der Waals surface area contributed by atoms with E-state index in [4.69, 9.17) is 9.47 Å². The molecule has 0 radical (unpaired) electrons. The quantitative estimate of drug-likeness (QED) is 0.754. The van der Waals surface area contributed by atoms with E-state index in [1.54, 1.807) is 18.2 Å². The molecular weight excluding hydrogens is 386 g/mol. The number of esters is 1. The van der Waals surface area contributed by atoms with Gasteiger partial charge in [0.2, 0.25) is 0 Å². The molecule has 0 aliphatic carbocycles. The van der Waals surface area contributed by atoms with Gasteiger partial charge in [-0.05, 0) is 72.1 Å². The van der Waals surface area contributed by atoms with Crippen molar-refractivity contribution in [1.29, 1.82) is 0 Å². The number of ether oxygens (including phenoxy) is 2. The van der Waals surface area contributed by atoms with Gasteiger partial charge in [-0.3, -0.25) is 4.79 Å². The minimum Gasteiger partial charge on any atom is -0.496 e. The van der Waals surface area contributed by atoms with Gasteiger partial charge in [-0.15, -0.1) is 0 Å². The third kappa shape index (κ3) is 4.82. The van der Waals surface area contributed by atoms with Gasteiger partial charge in [0.1, 0.15) is 5.75 Å². The number of hydrogen-bond acceptors (Lipinski definition) is 4. The second-order valence-corrected chi connectivity index (χ2v) is 6.56. The van der Waals surface area contributed by atoms with Crippen LogP contribution in [-0.2, 0) is 9.53 Å². The van der Waals surface area contributed by atoms with E-state index in [0.29, 0.717) is 21.5 Å². The molecule has 132 valence electrons. The summed E-state index contributed by atoms with van der Waals surface area (Å²) in [4.78, 5) is 24.5. The number of carbonyl (C=O) groups excluding carboxylic acids is 2. The minimum absolute atomic E-state index is 0.332. The molecule has 6 heteroatoms. The number of carbonyl (C=O) groups is 2. The largest absolute Gasteiger partial charge is 0.496 e. The van der Waals surface area contributed by atoms with E-state index in [1.807, 2.05) is 32.0 Å². The summed E-state index contributed by atoms with van der Waals surface area (Å²) in [5.74, 6) is -0.348. The topological polar surface area (TPSA) is 64.6 Å². The third-order valence-corrected chi connectivity index (χ3v) is 4.31. The molecular formula is C19H20BrNO4. The molecule has 0 fully saturated rings. The number of aryl methyl sites for hydroxylation is 2. The molecule has 0 aliphatic rings. The van der Waals surface area contributed by atoms with E-state index in [0.717, 1.165) is 11.1 Å². The molecule has 1 amide bonds. The molecule has 1 N–H and O–H groups in total. The van der Waals surface area contributed by atoms with Crippen LogP contribution >= 0.6 is 15.9 Å². The predicted octanol–water partition coefficient (Wildman–Crippen LogP) is 4.26. The van der Waals surface area contributed by atoms with Crippen molar-refractivity contribution in [3.05, 3.63) is 57.6 Å². The SMILES string of the molecule is COc1ccc(C(=O)O[C@H](C)C(=O)Nc2cc(C)ccc2C)cc1Br. The summed E-state index contributed by atoms with van der Waals surface area (Å²) in [5.41, 5.74) is 3.02. The molecule has 0 heterocycles. The Labute approximate surface area is 155 Å². The first-order valence-corrected chi connectivity index (χ1v) is 8.53. The first-order chi connectivity index (χ1) is 11.8. The highest BCUT2D eigenvalue weighted by Gasteiger charge is 2.20. The van der Waals surface area contributed by atoms with Gasteiger partial charge >= 0.3 is 5.97 Å². The molecule has 0 bridgehead atoms. The maximum Gasteiger partial charge on any atom is 0.338 e. The Morgan fingerprint density at radius 3 is 2.48 bits per heavy atom. The molecule has 1 atom stereocenters. The van der Waals surface area contributed by atoms with Crippen molar-refractivity contribution in [2.45, 2.75) is 26.9 Å². The number of amides is 1. The van der Waals surface area contributed by atoms with Crippen LogP contribution in [0.4, 0.5) is 5.69 Å². The third-order valence-electron chi connectivity index (χ3n) is 3.69. The highest BCUT2D eigenvalue weighted by molar-refractivity contribution is 9.10. The van der Waals surface area contributed by atoms with Crippen LogP contribution in [0.15, 0.2) is 40.9 Å². The molecule has 0 spiro atoms. The fourth-order valence-electron chi connectivity index (χ4n) is 2.18. The van der Waals surface area contributed by atoms with Crippen molar-refractivity contribution in [3.8, 4) is 5.75 Å². The molecule has 25 heavy (non-hydrogen) atoms. The summed E-state index contributed by atoms with van der Waals surface area (Å²) in [6.07, 6.45) is -0.923. The Kier molecular flexibility index (Phi) is 6.20. The van der Waals surface area contributed by atoms with Gasteiger partial charge in [-0.25, -0.2) is 4.79 Å². The summed E-state index contributed by atoms with van der Waals surface area (Å²) in [7, 11) is 1.54. The van der Waals surface area contributed by atoms with Crippen LogP contribution in [0.3, 0.4) is 0 Å². The normalized spacial score (nSPS) is 11.6. The van der Waals surface area contributed by atoms with Gasteiger partial charge in [-0.1, -0.05) is 12.1 Å². The van der Waals surface area contributed by atoms with E-state index in [2.05, 4.69) is 21.2 Å². The van der Waals surface area contributed by atoms with E-state index in [-0.39, 0.29) is 5.91 Å². The van der Waals surface area contributed by atoms with Crippen molar-refractivity contribution in [2.24, 2.45) is 0 Å². The summed E-state index contributed by atoms with van der Waals surface area (Å²) in [6, 6.07) is 10.6. The molecule has 2 rings (SSSR count). The fraction of sp³-hybridized carbons (Fsp3) is 0.263.